The molecule has 0 spiro atoms. The minimum Gasteiger partial charge on any atom is -0.381 e. The number of nitrogens with zero attached hydrogens (tertiary/aromatic N) is 2. The zero-order chi connectivity index (χ0) is 15.5. The summed E-state index contributed by atoms with van der Waals surface area (Å²) < 4.78 is 43.6. The van der Waals surface area contributed by atoms with Crippen LogP contribution in [0.2, 0.25) is 0 Å². The monoisotopic (exact) mass is 304 g/mol. The summed E-state index contributed by atoms with van der Waals surface area (Å²) in [4.78, 5) is 6.98. The quantitative estimate of drug-likeness (QED) is 0.896. The maximum absolute atomic E-state index is 12.8. The number of aromatic nitrogens is 2. The van der Waals surface area contributed by atoms with E-state index in [1.165, 1.54) is 13.1 Å². The van der Waals surface area contributed by atoms with Crippen LogP contribution in [0.4, 0.5) is 24.8 Å². The maximum Gasteiger partial charge on any atom is 0.451 e. The summed E-state index contributed by atoms with van der Waals surface area (Å²) in [7, 11) is 1.52. The highest BCUT2D eigenvalue weighted by Crippen LogP contribution is 2.31. The molecule has 1 aromatic heterocycles. The van der Waals surface area contributed by atoms with Gasteiger partial charge in [-0.2, -0.15) is 13.2 Å². The number of alkyl halides is 3. The van der Waals surface area contributed by atoms with Gasteiger partial charge in [0.1, 0.15) is 11.6 Å². The number of nitrogens with one attached hydrogen (secondary N) is 2. The van der Waals surface area contributed by atoms with Crippen molar-refractivity contribution in [3.05, 3.63) is 11.9 Å². The van der Waals surface area contributed by atoms with E-state index in [4.69, 9.17) is 4.74 Å². The Morgan fingerprint density at radius 1 is 1.24 bits per heavy atom. The number of rotatable bonds is 4. The van der Waals surface area contributed by atoms with E-state index in [9.17, 15) is 13.2 Å². The second kappa shape index (κ2) is 6.05. The van der Waals surface area contributed by atoms with Gasteiger partial charge < -0.3 is 15.4 Å². The van der Waals surface area contributed by atoms with Crippen molar-refractivity contribution in [1.29, 1.82) is 0 Å². The molecule has 21 heavy (non-hydrogen) atoms. The molecule has 1 aliphatic rings. The molecule has 0 aromatic carbocycles. The Morgan fingerprint density at radius 2 is 1.86 bits per heavy atom. The average molecular weight is 304 g/mol. The number of halogens is 3. The Morgan fingerprint density at radius 3 is 2.43 bits per heavy atom. The Bertz CT molecular complexity index is 487. The lowest BCUT2D eigenvalue weighted by atomic mass is 9.82. The fourth-order valence-corrected chi connectivity index (χ4v) is 2.14. The van der Waals surface area contributed by atoms with Gasteiger partial charge in [0.15, 0.2) is 0 Å². The normalized spacial score (nSPS) is 18.3. The predicted molar refractivity (Wildman–Crippen MR) is 73.2 cm³/mol. The summed E-state index contributed by atoms with van der Waals surface area (Å²) in [5, 5.41) is 5.61. The van der Waals surface area contributed by atoms with Crippen LogP contribution in [0.1, 0.15) is 25.6 Å². The van der Waals surface area contributed by atoms with Crippen molar-refractivity contribution in [2.24, 2.45) is 5.41 Å². The first-order valence-corrected chi connectivity index (χ1v) is 6.78. The van der Waals surface area contributed by atoms with Crippen LogP contribution in [0.25, 0.3) is 0 Å². The van der Waals surface area contributed by atoms with Crippen LogP contribution >= 0.6 is 0 Å². The highest BCUT2D eigenvalue weighted by molar-refractivity contribution is 5.47. The van der Waals surface area contributed by atoms with Crippen molar-refractivity contribution < 1.29 is 17.9 Å². The van der Waals surface area contributed by atoms with E-state index in [1.807, 2.05) is 0 Å². The van der Waals surface area contributed by atoms with Crippen molar-refractivity contribution in [1.82, 2.24) is 9.97 Å². The molecule has 1 saturated heterocycles. The van der Waals surface area contributed by atoms with Crippen LogP contribution in [0.5, 0.6) is 0 Å². The van der Waals surface area contributed by atoms with E-state index in [0.29, 0.717) is 19.8 Å². The number of hydrogen-bond acceptors (Lipinski definition) is 5. The van der Waals surface area contributed by atoms with Crippen molar-refractivity contribution >= 4 is 11.6 Å². The predicted octanol–water partition coefficient (Wildman–Crippen LogP) is 2.77. The van der Waals surface area contributed by atoms with E-state index in [0.717, 1.165) is 12.8 Å². The molecular formula is C13H19F3N4O. The van der Waals surface area contributed by atoms with E-state index < -0.39 is 12.0 Å². The molecule has 0 aliphatic carbocycles. The first kappa shape index (κ1) is 15.8. The molecule has 1 fully saturated rings. The van der Waals surface area contributed by atoms with Gasteiger partial charge >= 0.3 is 6.18 Å². The van der Waals surface area contributed by atoms with Crippen molar-refractivity contribution in [2.45, 2.75) is 25.9 Å². The van der Waals surface area contributed by atoms with Crippen LogP contribution in [-0.2, 0) is 10.9 Å². The Labute approximate surface area is 121 Å². The molecule has 2 rings (SSSR count). The molecule has 1 aromatic rings. The molecule has 5 nitrogen and oxygen atoms in total. The minimum absolute atomic E-state index is 0.00139. The second-order valence-corrected chi connectivity index (χ2v) is 5.49. The summed E-state index contributed by atoms with van der Waals surface area (Å²) >= 11 is 0. The zero-order valence-electron chi connectivity index (χ0n) is 12.0. The van der Waals surface area contributed by atoms with E-state index in [2.05, 4.69) is 27.5 Å². The summed E-state index contributed by atoms with van der Waals surface area (Å²) in [6, 6.07) is 1.47. The zero-order valence-corrected chi connectivity index (χ0v) is 12.0. The molecule has 0 unspecified atom stereocenters. The third kappa shape index (κ3) is 4.20. The molecule has 0 saturated carbocycles. The standard InChI is InChI=1S/C13H19F3N4O/c1-12(3-5-21-6-4-12)8-18-10-7-9(17-2)19-11(20-10)13(14,15)16/h7H,3-6,8H2,1-2H3,(H2,17,18,19,20). The average Bonchev–Trinajstić information content (AvgIpc) is 2.45. The first-order valence-electron chi connectivity index (χ1n) is 6.78. The van der Waals surface area contributed by atoms with Crippen LogP contribution in [0.15, 0.2) is 6.07 Å². The molecule has 0 atom stereocenters. The molecule has 118 valence electrons. The lowest BCUT2D eigenvalue weighted by molar-refractivity contribution is -0.144. The highest BCUT2D eigenvalue weighted by atomic mass is 19.4. The highest BCUT2D eigenvalue weighted by Gasteiger charge is 2.35. The molecule has 1 aliphatic heterocycles. The van der Waals surface area contributed by atoms with Crippen LogP contribution in [0.3, 0.4) is 0 Å². The van der Waals surface area contributed by atoms with E-state index in [-0.39, 0.29) is 17.1 Å². The van der Waals surface area contributed by atoms with Gasteiger partial charge in [-0.05, 0) is 18.3 Å². The summed E-state index contributed by atoms with van der Waals surface area (Å²) in [6.45, 7) is 4.00. The van der Waals surface area contributed by atoms with Gasteiger partial charge in [0.05, 0.1) is 0 Å². The molecular weight excluding hydrogens is 285 g/mol. The van der Waals surface area contributed by atoms with Gasteiger partial charge in [-0.15, -0.1) is 0 Å². The SMILES string of the molecule is CNc1cc(NCC2(C)CCOCC2)nc(C(F)(F)F)n1. The van der Waals surface area contributed by atoms with Crippen LogP contribution < -0.4 is 10.6 Å². The number of hydrogen-bond donors (Lipinski definition) is 2. The second-order valence-electron chi connectivity index (χ2n) is 5.49. The summed E-state index contributed by atoms with van der Waals surface area (Å²) in [6.07, 6.45) is -2.82. The van der Waals surface area contributed by atoms with Crippen LogP contribution in [0, 0.1) is 5.41 Å². The lowest BCUT2D eigenvalue weighted by Gasteiger charge is -2.33. The minimum atomic E-state index is -4.56. The fraction of sp³-hybridized carbons (Fsp3) is 0.692. The number of ether oxygens (including phenoxy) is 1. The summed E-state index contributed by atoms with van der Waals surface area (Å²) in [5.41, 5.74) is 0.00139. The molecule has 0 bridgehead atoms. The van der Waals surface area contributed by atoms with Crippen molar-refractivity contribution in [3.8, 4) is 0 Å². The molecule has 8 heteroatoms. The largest absolute Gasteiger partial charge is 0.451 e. The maximum atomic E-state index is 12.8. The molecule has 0 radical (unpaired) electrons. The van der Waals surface area contributed by atoms with Gasteiger partial charge in [0, 0.05) is 32.9 Å². The van der Waals surface area contributed by atoms with E-state index in [1.54, 1.807) is 0 Å². The lowest BCUT2D eigenvalue weighted by Crippen LogP contribution is -2.33. The number of anilines is 2. The first-order chi connectivity index (χ1) is 9.82. The topological polar surface area (TPSA) is 59.1 Å². The van der Waals surface area contributed by atoms with Gasteiger partial charge in [0.2, 0.25) is 5.82 Å². The fourth-order valence-electron chi connectivity index (χ4n) is 2.14. The van der Waals surface area contributed by atoms with E-state index >= 15 is 0 Å². The van der Waals surface area contributed by atoms with Crippen molar-refractivity contribution in [3.63, 3.8) is 0 Å². The molecule has 2 heterocycles. The smallest absolute Gasteiger partial charge is 0.381 e. The van der Waals surface area contributed by atoms with Gasteiger partial charge in [-0.25, -0.2) is 9.97 Å². The Balaban J connectivity index is 2.12. The third-order valence-corrected chi connectivity index (χ3v) is 3.63. The van der Waals surface area contributed by atoms with Gasteiger partial charge in [-0.1, -0.05) is 6.92 Å². The summed E-state index contributed by atoms with van der Waals surface area (Å²) in [5.74, 6) is -0.833. The third-order valence-electron chi connectivity index (χ3n) is 3.63. The van der Waals surface area contributed by atoms with Gasteiger partial charge in [0.25, 0.3) is 0 Å². The van der Waals surface area contributed by atoms with Crippen LogP contribution in [-0.4, -0.2) is 36.8 Å². The Kier molecular flexibility index (Phi) is 4.55. The van der Waals surface area contributed by atoms with Gasteiger partial charge in [-0.3, -0.25) is 0 Å². The molecule has 0 amide bonds. The van der Waals surface area contributed by atoms with Crippen molar-refractivity contribution in [2.75, 3.05) is 37.4 Å². The molecule has 2 N–H and O–H groups in total. The Hall–Kier alpha value is -1.57.